The maximum Gasteiger partial charge on any atom is 0.407 e. The van der Waals surface area contributed by atoms with E-state index >= 15 is 0 Å². The highest BCUT2D eigenvalue weighted by molar-refractivity contribution is 5.91. The number of carbonyl (C=O) groups is 3. The van der Waals surface area contributed by atoms with Crippen LogP contribution in [-0.4, -0.2) is 42.6 Å². The molecule has 0 heterocycles. The quantitative estimate of drug-likeness (QED) is 0.444. The van der Waals surface area contributed by atoms with E-state index in [1.165, 1.54) is 25.0 Å². The summed E-state index contributed by atoms with van der Waals surface area (Å²) in [5.74, 6) is -1.11. The van der Waals surface area contributed by atoms with Crippen LogP contribution in [0, 0.1) is 0 Å². The van der Waals surface area contributed by atoms with Gasteiger partial charge < -0.3 is 26.8 Å². The normalized spacial score (nSPS) is 13.6. The summed E-state index contributed by atoms with van der Waals surface area (Å²) in [5, 5.41) is 5.22. The number of hydrogen-bond donors (Lipinski definition) is 4. The second-order valence-electron chi connectivity index (χ2n) is 8.48. The molecule has 0 unspecified atom stereocenters. The number of nitrogens with one attached hydrogen (secondary N) is 2. The van der Waals surface area contributed by atoms with Crippen molar-refractivity contribution in [1.29, 1.82) is 0 Å². The minimum atomic E-state index is -1.17. The molecule has 170 valence electrons. The third-order valence-corrected chi connectivity index (χ3v) is 5.69. The lowest BCUT2D eigenvalue weighted by atomic mass is 9.98. The van der Waals surface area contributed by atoms with Gasteiger partial charge in [-0.3, -0.25) is 9.59 Å². The third kappa shape index (κ3) is 5.26. The van der Waals surface area contributed by atoms with E-state index in [-0.39, 0.29) is 12.5 Å². The van der Waals surface area contributed by atoms with Crippen LogP contribution >= 0.6 is 0 Å². The summed E-state index contributed by atoms with van der Waals surface area (Å²) in [6.07, 6.45) is 0.305. The molecule has 0 saturated heterocycles. The Morgan fingerprint density at radius 2 is 1.59 bits per heavy atom. The molecule has 8 heteroatoms. The molecule has 0 saturated carbocycles. The van der Waals surface area contributed by atoms with Gasteiger partial charge in [0.25, 0.3) is 0 Å². The number of nitrogens with two attached hydrogens (primary N) is 2. The predicted octanol–water partition coefficient (Wildman–Crippen LogP) is 2.01. The van der Waals surface area contributed by atoms with Gasteiger partial charge in [-0.1, -0.05) is 48.5 Å². The number of alkyl carbamates (subject to hydrolysis) is 1. The second-order valence-corrected chi connectivity index (χ2v) is 8.48. The summed E-state index contributed by atoms with van der Waals surface area (Å²) < 4.78 is 5.47. The molecule has 2 aromatic carbocycles. The summed E-state index contributed by atoms with van der Waals surface area (Å²) in [5.41, 5.74) is 14.6. The molecule has 0 radical (unpaired) electrons. The zero-order valence-corrected chi connectivity index (χ0v) is 18.4. The molecule has 3 rings (SSSR count). The van der Waals surface area contributed by atoms with Gasteiger partial charge in [0.15, 0.2) is 0 Å². The van der Waals surface area contributed by atoms with Crippen molar-refractivity contribution >= 4 is 17.9 Å². The molecule has 0 aliphatic heterocycles. The maximum absolute atomic E-state index is 12.2. The van der Waals surface area contributed by atoms with Crippen LogP contribution in [0.1, 0.15) is 43.7 Å². The molecule has 0 bridgehead atoms. The van der Waals surface area contributed by atoms with E-state index in [0.29, 0.717) is 19.4 Å². The van der Waals surface area contributed by atoms with Crippen molar-refractivity contribution in [2.75, 3.05) is 13.2 Å². The zero-order valence-electron chi connectivity index (χ0n) is 18.4. The molecular weight excluding hydrogens is 408 g/mol. The molecule has 1 aliphatic carbocycles. The van der Waals surface area contributed by atoms with Crippen LogP contribution in [0.5, 0.6) is 0 Å². The van der Waals surface area contributed by atoms with Gasteiger partial charge >= 0.3 is 6.09 Å². The van der Waals surface area contributed by atoms with Gasteiger partial charge in [-0.25, -0.2) is 4.79 Å². The highest BCUT2D eigenvalue weighted by Crippen LogP contribution is 2.44. The smallest absolute Gasteiger partial charge is 0.407 e. The molecule has 0 fully saturated rings. The molecule has 1 aliphatic rings. The van der Waals surface area contributed by atoms with Crippen molar-refractivity contribution in [1.82, 2.24) is 10.6 Å². The Bertz CT molecular complexity index is 959. The van der Waals surface area contributed by atoms with Gasteiger partial charge in [0.2, 0.25) is 11.8 Å². The fraction of sp³-hybridized carbons (Fsp3) is 0.375. The van der Waals surface area contributed by atoms with Gasteiger partial charge in [-0.2, -0.15) is 0 Å². The Hall–Kier alpha value is -3.39. The monoisotopic (exact) mass is 438 g/mol. The van der Waals surface area contributed by atoms with Crippen molar-refractivity contribution in [3.05, 3.63) is 59.7 Å². The fourth-order valence-corrected chi connectivity index (χ4v) is 3.76. The molecular formula is C24H30N4O4. The van der Waals surface area contributed by atoms with E-state index in [0.717, 1.165) is 11.1 Å². The number of amides is 3. The summed E-state index contributed by atoms with van der Waals surface area (Å²) >= 11 is 0. The largest absolute Gasteiger partial charge is 0.449 e. The van der Waals surface area contributed by atoms with Crippen LogP contribution in [-0.2, 0) is 14.3 Å². The molecule has 0 aromatic heterocycles. The van der Waals surface area contributed by atoms with Crippen LogP contribution in [0.2, 0.25) is 0 Å². The maximum atomic E-state index is 12.2. The Kier molecular flexibility index (Phi) is 7.15. The van der Waals surface area contributed by atoms with E-state index in [2.05, 4.69) is 34.9 Å². The first-order chi connectivity index (χ1) is 15.2. The summed E-state index contributed by atoms with van der Waals surface area (Å²) in [7, 11) is 0. The van der Waals surface area contributed by atoms with Crippen LogP contribution in [0.4, 0.5) is 4.79 Å². The molecule has 6 N–H and O–H groups in total. The van der Waals surface area contributed by atoms with Crippen LogP contribution < -0.4 is 22.1 Å². The first-order valence-corrected chi connectivity index (χ1v) is 10.7. The van der Waals surface area contributed by atoms with Crippen LogP contribution in [0.15, 0.2) is 48.5 Å². The standard InChI is InChI=1S/C24H30N4O4/c1-24(2,22(26)30)28-21(29)20(25)12-7-13-27-23(31)32-14-19-17-10-5-3-8-15(17)16-9-4-6-11-18(16)19/h3-6,8-11,19-20H,7,12-14,25H2,1-2H3,(H2,26,30)(H,27,31)(H,28,29)/t20-/m1/s1. The summed E-state index contributed by atoms with van der Waals surface area (Å²) in [4.78, 5) is 35.6. The number of fused-ring (bicyclic) bond motifs is 3. The van der Waals surface area contributed by atoms with Gasteiger partial charge in [-0.15, -0.1) is 0 Å². The fourth-order valence-electron chi connectivity index (χ4n) is 3.76. The van der Waals surface area contributed by atoms with E-state index in [1.807, 2.05) is 24.3 Å². The Morgan fingerprint density at radius 1 is 1.03 bits per heavy atom. The number of carbonyl (C=O) groups excluding carboxylic acids is 3. The number of benzene rings is 2. The first-order valence-electron chi connectivity index (χ1n) is 10.7. The van der Waals surface area contributed by atoms with Crippen molar-refractivity contribution in [2.45, 2.75) is 44.2 Å². The van der Waals surface area contributed by atoms with Crippen LogP contribution in [0.25, 0.3) is 11.1 Å². The molecule has 1 atom stereocenters. The van der Waals surface area contributed by atoms with Gasteiger partial charge in [0.05, 0.1) is 6.04 Å². The molecule has 2 aromatic rings. The average molecular weight is 439 g/mol. The molecule has 8 nitrogen and oxygen atoms in total. The average Bonchev–Trinajstić information content (AvgIpc) is 3.08. The van der Waals surface area contributed by atoms with Gasteiger partial charge in [0, 0.05) is 12.5 Å². The number of rotatable bonds is 9. The highest BCUT2D eigenvalue weighted by Gasteiger charge is 2.30. The van der Waals surface area contributed by atoms with E-state index < -0.39 is 29.5 Å². The van der Waals surface area contributed by atoms with Gasteiger partial charge in [-0.05, 0) is 48.9 Å². The first kappa shape index (κ1) is 23.3. The Balaban J connectivity index is 1.43. The predicted molar refractivity (Wildman–Crippen MR) is 122 cm³/mol. The number of ether oxygens (including phenoxy) is 1. The lowest BCUT2D eigenvalue weighted by Crippen LogP contribution is -2.56. The second kappa shape index (κ2) is 9.82. The zero-order chi connectivity index (χ0) is 23.3. The SMILES string of the molecule is CC(C)(NC(=O)[C@H](N)CCCNC(=O)OCC1c2ccccc2-c2ccccc21)C(N)=O. The third-order valence-electron chi connectivity index (χ3n) is 5.69. The van der Waals surface area contributed by atoms with E-state index in [9.17, 15) is 14.4 Å². The lowest BCUT2D eigenvalue weighted by molar-refractivity contribution is -0.131. The van der Waals surface area contributed by atoms with Crippen molar-refractivity contribution in [2.24, 2.45) is 11.5 Å². The number of hydrogen-bond acceptors (Lipinski definition) is 5. The topological polar surface area (TPSA) is 137 Å². The number of primary amides is 1. The summed E-state index contributed by atoms with van der Waals surface area (Å²) in [6, 6.07) is 15.5. The van der Waals surface area contributed by atoms with Crippen molar-refractivity contribution in [3.63, 3.8) is 0 Å². The van der Waals surface area contributed by atoms with Crippen LogP contribution in [0.3, 0.4) is 0 Å². The molecule has 3 amide bonds. The minimum absolute atomic E-state index is 0.00104. The summed E-state index contributed by atoms with van der Waals surface area (Å²) in [6.45, 7) is 3.58. The van der Waals surface area contributed by atoms with E-state index in [1.54, 1.807) is 0 Å². The Labute approximate surface area is 187 Å². The van der Waals surface area contributed by atoms with E-state index in [4.69, 9.17) is 16.2 Å². The molecule has 0 spiro atoms. The molecule has 32 heavy (non-hydrogen) atoms. The van der Waals surface area contributed by atoms with Gasteiger partial charge in [0.1, 0.15) is 12.1 Å². The highest BCUT2D eigenvalue weighted by atomic mass is 16.5. The lowest BCUT2D eigenvalue weighted by Gasteiger charge is -2.24. The Morgan fingerprint density at radius 3 is 2.16 bits per heavy atom. The minimum Gasteiger partial charge on any atom is -0.449 e. The van der Waals surface area contributed by atoms with Crippen molar-refractivity contribution in [3.8, 4) is 11.1 Å². The van der Waals surface area contributed by atoms with Crippen molar-refractivity contribution < 1.29 is 19.1 Å².